The van der Waals surface area contributed by atoms with Crippen molar-refractivity contribution in [2.24, 2.45) is 5.73 Å². The second-order valence-electron chi connectivity index (χ2n) is 2.77. The fourth-order valence-electron chi connectivity index (χ4n) is 0.992. The first-order valence-electron chi connectivity index (χ1n) is 3.86. The normalized spacial score (nSPS) is 11.6. The molecule has 1 atom stereocenters. The largest absolute Gasteiger partial charge is 0.469 e. The van der Waals surface area contributed by atoms with Crippen molar-refractivity contribution in [3.8, 4) is 0 Å². The molecular formula is C8H13BClNO2. The lowest BCUT2D eigenvalue weighted by Gasteiger charge is -2.09. The summed E-state index contributed by atoms with van der Waals surface area (Å²) >= 11 is 0. The van der Waals surface area contributed by atoms with E-state index in [4.69, 9.17) is 15.8 Å². The summed E-state index contributed by atoms with van der Waals surface area (Å²) in [7, 11) is -1.44. The van der Waals surface area contributed by atoms with Crippen LogP contribution in [0.1, 0.15) is 5.56 Å². The molecule has 1 rings (SSSR count). The minimum Gasteiger partial charge on any atom is -0.426 e. The molecule has 0 amide bonds. The number of nitrogens with two attached hydrogens (primary N) is 1. The van der Waals surface area contributed by atoms with Crippen molar-refractivity contribution in [2.45, 2.75) is 12.4 Å². The molecule has 1 aromatic rings. The van der Waals surface area contributed by atoms with Gasteiger partial charge in [-0.25, -0.2) is 0 Å². The minimum atomic E-state index is -1.44. The van der Waals surface area contributed by atoms with Crippen LogP contribution in [0.15, 0.2) is 30.3 Å². The van der Waals surface area contributed by atoms with E-state index in [2.05, 4.69) is 0 Å². The molecule has 3 nitrogen and oxygen atoms in total. The molecule has 5 heteroatoms. The van der Waals surface area contributed by atoms with Crippen molar-refractivity contribution in [3.05, 3.63) is 35.9 Å². The number of halogens is 1. The molecule has 0 spiro atoms. The fraction of sp³-hybridized carbons (Fsp3) is 0.250. The van der Waals surface area contributed by atoms with E-state index in [0.29, 0.717) is 6.42 Å². The molecule has 0 aliphatic rings. The van der Waals surface area contributed by atoms with Crippen molar-refractivity contribution in [1.82, 2.24) is 0 Å². The molecule has 0 radical (unpaired) electrons. The van der Waals surface area contributed by atoms with Gasteiger partial charge in [-0.3, -0.25) is 0 Å². The summed E-state index contributed by atoms with van der Waals surface area (Å²) < 4.78 is 0. The van der Waals surface area contributed by atoms with Crippen molar-refractivity contribution >= 4 is 19.5 Å². The van der Waals surface area contributed by atoms with Gasteiger partial charge in [0.2, 0.25) is 0 Å². The quantitative estimate of drug-likeness (QED) is 0.603. The average Bonchev–Trinajstić information content (AvgIpc) is 2.06. The molecule has 4 N–H and O–H groups in total. The molecule has 0 fully saturated rings. The fourth-order valence-corrected chi connectivity index (χ4v) is 0.992. The summed E-state index contributed by atoms with van der Waals surface area (Å²) in [5, 5.41) is 17.4. The molecule has 0 bridgehead atoms. The monoisotopic (exact) mass is 201 g/mol. The van der Waals surface area contributed by atoms with E-state index < -0.39 is 13.1 Å². The van der Waals surface area contributed by atoms with Gasteiger partial charge in [0.1, 0.15) is 0 Å². The van der Waals surface area contributed by atoms with Crippen LogP contribution in [0.2, 0.25) is 0 Å². The maximum atomic E-state index is 8.71. The Bertz CT molecular complexity index is 233. The lowest BCUT2D eigenvalue weighted by molar-refractivity contribution is 0.386. The van der Waals surface area contributed by atoms with Crippen molar-refractivity contribution < 1.29 is 10.0 Å². The Kier molecular flexibility index (Phi) is 5.74. The van der Waals surface area contributed by atoms with E-state index in [9.17, 15) is 0 Å². The highest BCUT2D eigenvalue weighted by Gasteiger charge is 2.18. The molecular weight excluding hydrogens is 188 g/mol. The molecule has 0 saturated carbocycles. The number of hydrogen-bond donors (Lipinski definition) is 3. The van der Waals surface area contributed by atoms with Gasteiger partial charge >= 0.3 is 7.12 Å². The summed E-state index contributed by atoms with van der Waals surface area (Å²) in [6.45, 7) is 0. The molecule has 0 heterocycles. The second-order valence-corrected chi connectivity index (χ2v) is 2.77. The predicted molar refractivity (Wildman–Crippen MR) is 55.6 cm³/mol. The van der Waals surface area contributed by atoms with E-state index in [1.165, 1.54) is 0 Å². The van der Waals surface area contributed by atoms with Crippen LogP contribution in [-0.2, 0) is 6.42 Å². The molecule has 0 aliphatic carbocycles. The third-order valence-corrected chi connectivity index (χ3v) is 1.70. The lowest BCUT2D eigenvalue weighted by atomic mass is 9.77. The summed E-state index contributed by atoms with van der Waals surface area (Å²) in [6.07, 6.45) is 0.485. The van der Waals surface area contributed by atoms with Crippen molar-refractivity contribution in [3.63, 3.8) is 0 Å². The zero-order valence-electron chi connectivity index (χ0n) is 7.13. The van der Waals surface area contributed by atoms with Gasteiger partial charge < -0.3 is 15.8 Å². The van der Waals surface area contributed by atoms with Crippen LogP contribution < -0.4 is 5.73 Å². The van der Waals surface area contributed by atoms with Crippen molar-refractivity contribution in [2.75, 3.05) is 0 Å². The SMILES string of the molecule is Cl.N[C@@H](Cc1ccccc1)B(O)O. The number of rotatable bonds is 3. The first-order chi connectivity index (χ1) is 5.70. The Hall–Kier alpha value is -0.545. The zero-order chi connectivity index (χ0) is 8.97. The average molecular weight is 201 g/mol. The Balaban J connectivity index is 0.00000144. The first kappa shape index (κ1) is 12.5. The lowest BCUT2D eigenvalue weighted by Crippen LogP contribution is -2.40. The van der Waals surface area contributed by atoms with Crippen LogP contribution in [0.4, 0.5) is 0 Å². The third kappa shape index (κ3) is 4.29. The standard InChI is InChI=1S/C8H12BNO2.ClH/c10-8(9(11)12)6-7-4-2-1-3-5-7;/h1-5,8,11-12H,6,10H2;1H/t8-;/m0./s1. The van der Waals surface area contributed by atoms with Gasteiger partial charge in [0.05, 0.1) is 0 Å². The summed E-state index contributed by atoms with van der Waals surface area (Å²) in [5.74, 6) is -0.604. The number of benzene rings is 1. The van der Waals surface area contributed by atoms with Crippen LogP contribution in [0.3, 0.4) is 0 Å². The maximum Gasteiger partial charge on any atom is 0.469 e. The Morgan fingerprint density at radius 1 is 1.23 bits per heavy atom. The van der Waals surface area contributed by atoms with E-state index in [1.807, 2.05) is 30.3 Å². The second kappa shape index (κ2) is 5.99. The molecule has 0 saturated heterocycles. The zero-order valence-corrected chi connectivity index (χ0v) is 7.95. The number of hydrogen-bond acceptors (Lipinski definition) is 3. The molecule has 13 heavy (non-hydrogen) atoms. The van der Waals surface area contributed by atoms with E-state index in [1.54, 1.807) is 0 Å². The topological polar surface area (TPSA) is 66.5 Å². The van der Waals surface area contributed by atoms with E-state index in [0.717, 1.165) is 5.56 Å². The van der Waals surface area contributed by atoms with E-state index >= 15 is 0 Å². The Morgan fingerprint density at radius 3 is 2.23 bits per heavy atom. The van der Waals surface area contributed by atoms with Gasteiger partial charge in [0, 0.05) is 5.94 Å². The van der Waals surface area contributed by atoms with Gasteiger partial charge in [-0.2, -0.15) is 0 Å². The molecule has 0 aliphatic heterocycles. The molecule has 72 valence electrons. The van der Waals surface area contributed by atoms with Gasteiger partial charge in [-0.05, 0) is 12.0 Å². The van der Waals surface area contributed by atoms with Crippen LogP contribution in [-0.4, -0.2) is 23.1 Å². The van der Waals surface area contributed by atoms with Crippen LogP contribution >= 0.6 is 12.4 Å². The summed E-state index contributed by atoms with van der Waals surface area (Å²) in [6, 6.07) is 9.51. The van der Waals surface area contributed by atoms with Gasteiger partial charge in [0.25, 0.3) is 0 Å². The molecule has 0 aromatic heterocycles. The minimum absolute atomic E-state index is 0. The molecule has 0 unspecified atom stereocenters. The van der Waals surface area contributed by atoms with Crippen molar-refractivity contribution in [1.29, 1.82) is 0 Å². The van der Waals surface area contributed by atoms with Crippen LogP contribution in [0.5, 0.6) is 0 Å². The Labute approximate surface area is 84.1 Å². The smallest absolute Gasteiger partial charge is 0.426 e. The van der Waals surface area contributed by atoms with E-state index in [-0.39, 0.29) is 12.4 Å². The highest BCUT2D eigenvalue weighted by Crippen LogP contribution is 2.01. The van der Waals surface area contributed by atoms with Gasteiger partial charge in [-0.1, -0.05) is 30.3 Å². The molecule has 1 aromatic carbocycles. The maximum absolute atomic E-state index is 8.71. The Morgan fingerprint density at radius 2 is 1.77 bits per heavy atom. The van der Waals surface area contributed by atoms with Gasteiger partial charge in [0.15, 0.2) is 0 Å². The predicted octanol–water partition coefficient (Wildman–Crippen LogP) is -0.00980. The van der Waals surface area contributed by atoms with Crippen LogP contribution in [0, 0.1) is 0 Å². The van der Waals surface area contributed by atoms with Gasteiger partial charge in [-0.15, -0.1) is 12.4 Å². The highest BCUT2D eigenvalue weighted by molar-refractivity contribution is 6.43. The summed E-state index contributed by atoms with van der Waals surface area (Å²) in [5.41, 5.74) is 6.46. The first-order valence-corrected chi connectivity index (χ1v) is 3.86. The highest BCUT2D eigenvalue weighted by atomic mass is 35.5. The van der Waals surface area contributed by atoms with Crippen LogP contribution in [0.25, 0.3) is 0 Å². The summed E-state index contributed by atoms with van der Waals surface area (Å²) in [4.78, 5) is 0. The third-order valence-electron chi connectivity index (χ3n) is 1.70.